The van der Waals surface area contributed by atoms with Gasteiger partial charge in [0, 0.05) is 0 Å². The van der Waals surface area contributed by atoms with E-state index in [0.29, 0.717) is 0 Å². The molecule has 0 spiro atoms. The van der Waals surface area contributed by atoms with E-state index in [1.54, 1.807) is 0 Å². The fraction of sp³-hybridized carbons (Fsp3) is 0.455. The number of ketones is 1. The minimum Gasteiger partial charge on any atom is -0.466 e. The highest BCUT2D eigenvalue weighted by atomic mass is 19.2. The first-order valence-electron chi connectivity index (χ1n) is 5.61. The van der Waals surface area contributed by atoms with Crippen LogP contribution in [0.1, 0.15) is 13.3 Å². The normalized spacial score (nSPS) is 25.4. The molecule has 1 aliphatic carbocycles. The molecule has 1 rings (SSSR count). The summed E-state index contributed by atoms with van der Waals surface area (Å²) in [5.41, 5.74) is 0. The highest BCUT2D eigenvalue weighted by molar-refractivity contribution is 5.98. The third-order valence-corrected chi connectivity index (χ3v) is 2.67. The van der Waals surface area contributed by atoms with Crippen molar-refractivity contribution in [3.05, 3.63) is 33.7 Å². The van der Waals surface area contributed by atoms with Gasteiger partial charge in [-0.15, -0.1) is 0 Å². The number of halogens is 4. The smallest absolute Gasteiger partial charge is 0.426 e. The molecule has 0 N–H and O–H groups in total. The number of allylic oxidation sites excluding steroid dienone is 2. The Labute approximate surface area is 115 Å². The molecule has 10 heteroatoms. The van der Waals surface area contributed by atoms with Crippen LogP contribution in [0.2, 0.25) is 0 Å². The van der Waals surface area contributed by atoms with E-state index in [9.17, 15) is 37.3 Å². The lowest BCUT2D eigenvalue weighted by molar-refractivity contribution is -0.602. The molecule has 0 aromatic rings. The second kappa shape index (κ2) is 6.02. The van der Waals surface area contributed by atoms with E-state index in [0.717, 1.165) is 0 Å². The molecule has 0 bridgehead atoms. The van der Waals surface area contributed by atoms with E-state index in [4.69, 9.17) is 0 Å². The second-order valence-electron chi connectivity index (χ2n) is 4.00. The Morgan fingerprint density at radius 1 is 1.43 bits per heavy atom. The molecule has 0 aromatic heterocycles. The van der Waals surface area contributed by atoms with E-state index < -0.39 is 52.3 Å². The maximum absolute atomic E-state index is 14.1. The van der Waals surface area contributed by atoms with Crippen LogP contribution in [0.5, 0.6) is 0 Å². The van der Waals surface area contributed by atoms with Crippen LogP contribution in [-0.2, 0) is 14.3 Å². The first kappa shape index (κ1) is 16.8. The average molecular weight is 311 g/mol. The van der Waals surface area contributed by atoms with Crippen molar-refractivity contribution in [2.24, 2.45) is 5.92 Å². The molecule has 0 aromatic carbocycles. The highest BCUT2D eigenvalue weighted by Gasteiger charge is 2.62. The molecule has 0 amide bonds. The minimum absolute atomic E-state index is 0.0667. The number of ether oxygens (including phenoxy) is 1. The Bertz CT molecular complexity index is 559. The van der Waals surface area contributed by atoms with Crippen LogP contribution in [-0.4, -0.2) is 29.1 Å². The Morgan fingerprint density at radius 2 is 2.00 bits per heavy atom. The molecular weight excluding hydrogens is 302 g/mol. The summed E-state index contributed by atoms with van der Waals surface area (Å²) in [4.78, 5) is 31.5. The molecule has 116 valence electrons. The maximum Gasteiger partial charge on any atom is 0.426 e. The average Bonchev–Trinajstić information content (AvgIpc) is 2.40. The van der Waals surface area contributed by atoms with Crippen molar-refractivity contribution < 1.29 is 36.8 Å². The van der Waals surface area contributed by atoms with Crippen LogP contribution in [0, 0.1) is 16.0 Å². The zero-order valence-corrected chi connectivity index (χ0v) is 10.6. The first-order valence-corrected chi connectivity index (χ1v) is 5.61. The van der Waals surface area contributed by atoms with Gasteiger partial charge in [0.1, 0.15) is 12.3 Å². The number of nitro groups is 1. The van der Waals surface area contributed by atoms with E-state index in [2.05, 4.69) is 4.74 Å². The quantitative estimate of drug-likeness (QED) is 0.194. The topological polar surface area (TPSA) is 86.5 Å². The monoisotopic (exact) mass is 311 g/mol. The van der Waals surface area contributed by atoms with Gasteiger partial charge in [-0.25, -0.2) is 8.78 Å². The molecule has 0 saturated heterocycles. The zero-order chi connectivity index (χ0) is 16.4. The third-order valence-electron chi connectivity index (χ3n) is 2.67. The van der Waals surface area contributed by atoms with Gasteiger partial charge in [-0.3, -0.25) is 19.7 Å². The van der Waals surface area contributed by atoms with Crippen LogP contribution >= 0.6 is 0 Å². The van der Waals surface area contributed by atoms with Crippen LogP contribution < -0.4 is 0 Å². The van der Waals surface area contributed by atoms with Crippen molar-refractivity contribution in [1.82, 2.24) is 0 Å². The lowest BCUT2D eigenvalue weighted by Gasteiger charge is -2.24. The van der Waals surface area contributed by atoms with Crippen molar-refractivity contribution >= 4 is 11.8 Å². The van der Waals surface area contributed by atoms with Gasteiger partial charge in [-0.1, -0.05) is 0 Å². The lowest BCUT2D eigenvalue weighted by atomic mass is 9.86. The Balaban J connectivity index is 3.18. The summed E-state index contributed by atoms with van der Waals surface area (Å²) >= 11 is 0. The number of carbonyl (C=O) groups excluding carboxylic acids is 2. The zero-order valence-electron chi connectivity index (χ0n) is 10.6. The summed E-state index contributed by atoms with van der Waals surface area (Å²) in [5.74, 6) is -16.6. The van der Waals surface area contributed by atoms with Crippen molar-refractivity contribution in [2.45, 2.75) is 19.1 Å². The predicted molar refractivity (Wildman–Crippen MR) is 59.0 cm³/mol. The number of esters is 1. The number of hydrogen-bond acceptors (Lipinski definition) is 5. The number of alkyl halides is 1. The molecule has 0 saturated carbocycles. The van der Waals surface area contributed by atoms with E-state index in [-0.39, 0.29) is 12.7 Å². The van der Waals surface area contributed by atoms with Crippen molar-refractivity contribution in [3.8, 4) is 0 Å². The summed E-state index contributed by atoms with van der Waals surface area (Å²) in [6.45, 7) is 1.27. The maximum atomic E-state index is 14.1. The van der Waals surface area contributed by atoms with Crippen molar-refractivity contribution in [2.75, 3.05) is 6.61 Å². The van der Waals surface area contributed by atoms with Gasteiger partial charge in [0.25, 0.3) is 5.83 Å². The third kappa shape index (κ3) is 2.93. The molecule has 2 atom stereocenters. The van der Waals surface area contributed by atoms with E-state index in [1.807, 2.05) is 0 Å². The van der Waals surface area contributed by atoms with Crippen LogP contribution in [0.4, 0.5) is 17.6 Å². The number of carbonyl (C=O) groups is 2. The molecule has 0 aliphatic heterocycles. The lowest BCUT2D eigenvalue weighted by Crippen LogP contribution is -2.47. The highest BCUT2D eigenvalue weighted by Crippen LogP contribution is 2.43. The standard InChI is InChI=1S/C11H9F4NO5/c1-2-21-8(18)4-7(17)5-3-6(12)9(13)10(14)11(5,15)16(19)20/h3,5H,2,4H2,1H3. The molecule has 2 unspecified atom stereocenters. The summed E-state index contributed by atoms with van der Waals surface area (Å²) in [6, 6.07) is 0. The minimum atomic E-state index is -4.30. The second-order valence-corrected chi connectivity index (χ2v) is 4.00. The van der Waals surface area contributed by atoms with Gasteiger partial charge >= 0.3 is 11.8 Å². The summed E-state index contributed by atoms with van der Waals surface area (Å²) < 4.78 is 57.9. The van der Waals surface area contributed by atoms with E-state index in [1.165, 1.54) is 6.92 Å². The SMILES string of the molecule is CCOC(=O)CC(=O)C1C=C(F)C(F)=C(F)C1(F)[N+](=O)[O-]. The summed E-state index contributed by atoms with van der Waals surface area (Å²) in [6.07, 6.45) is -1.21. The number of Topliss-reactive ketones (excluding diaryl/α,β-unsaturated/α-hetero) is 1. The van der Waals surface area contributed by atoms with Crippen LogP contribution in [0.3, 0.4) is 0 Å². The van der Waals surface area contributed by atoms with Crippen LogP contribution in [0.25, 0.3) is 0 Å². The number of rotatable bonds is 5. The van der Waals surface area contributed by atoms with E-state index >= 15 is 0 Å². The van der Waals surface area contributed by atoms with Gasteiger partial charge in [0.05, 0.1) is 11.5 Å². The van der Waals surface area contributed by atoms with Crippen molar-refractivity contribution in [1.29, 1.82) is 0 Å². The summed E-state index contributed by atoms with van der Waals surface area (Å²) in [5, 5.41) is 10.6. The predicted octanol–water partition coefficient (Wildman–Crippen LogP) is 2.09. The van der Waals surface area contributed by atoms with Gasteiger partial charge < -0.3 is 4.74 Å². The number of hydrogen-bond donors (Lipinski definition) is 0. The molecule has 1 aliphatic rings. The Morgan fingerprint density at radius 3 is 2.48 bits per heavy atom. The molecule has 0 radical (unpaired) electrons. The molecular formula is C11H9F4NO5. The Kier molecular flexibility index (Phi) is 4.81. The van der Waals surface area contributed by atoms with Crippen molar-refractivity contribution in [3.63, 3.8) is 0 Å². The van der Waals surface area contributed by atoms with Crippen LogP contribution in [0.15, 0.2) is 23.6 Å². The summed E-state index contributed by atoms with van der Waals surface area (Å²) in [7, 11) is 0. The molecule has 0 heterocycles. The fourth-order valence-corrected chi connectivity index (χ4v) is 1.69. The number of nitrogens with zero attached hydrogens (tertiary/aromatic N) is 1. The van der Waals surface area contributed by atoms with Gasteiger partial charge in [-0.2, -0.15) is 8.78 Å². The fourth-order valence-electron chi connectivity index (χ4n) is 1.69. The largest absolute Gasteiger partial charge is 0.466 e. The van der Waals surface area contributed by atoms with Gasteiger partial charge in [-0.05, 0) is 13.0 Å². The first-order chi connectivity index (χ1) is 9.66. The van der Waals surface area contributed by atoms with Gasteiger partial charge in [0.2, 0.25) is 5.83 Å². The van der Waals surface area contributed by atoms with Gasteiger partial charge in [0.15, 0.2) is 11.6 Å². The molecule has 21 heavy (non-hydrogen) atoms. The molecule has 6 nitrogen and oxygen atoms in total. The Hall–Kier alpha value is -2.26. The molecule has 0 fully saturated rings.